The quantitative estimate of drug-likeness (QED) is 0.664. The van der Waals surface area contributed by atoms with Gasteiger partial charge in [0.05, 0.1) is 12.7 Å². The molecule has 0 aliphatic rings. The molecule has 1 rings (SSSR count). The normalized spacial score (nSPS) is 14.4. The fourth-order valence-electron chi connectivity index (χ4n) is 1.80. The zero-order valence-electron chi connectivity index (χ0n) is 10.5. The van der Waals surface area contributed by atoms with Crippen LogP contribution >= 0.6 is 0 Å². The molecule has 4 N–H and O–H groups in total. The third-order valence-corrected chi connectivity index (χ3v) is 2.76. The van der Waals surface area contributed by atoms with E-state index in [-0.39, 0.29) is 6.04 Å². The Morgan fingerprint density at radius 3 is 2.47 bits per heavy atom. The molecule has 96 valence electrons. The topological polar surface area (TPSA) is 67.5 Å². The van der Waals surface area contributed by atoms with Gasteiger partial charge in [-0.15, -0.1) is 0 Å². The van der Waals surface area contributed by atoms with E-state index < -0.39 is 6.10 Å². The van der Waals surface area contributed by atoms with Crippen molar-refractivity contribution in [3.05, 3.63) is 29.8 Å². The van der Waals surface area contributed by atoms with Crippen LogP contribution in [0, 0.1) is 0 Å². The number of aliphatic hydroxyl groups excluding tert-OH is 1. The molecule has 0 saturated heterocycles. The van der Waals surface area contributed by atoms with Gasteiger partial charge in [-0.05, 0) is 44.6 Å². The lowest BCUT2D eigenvalue weighted by Gasteiger charge is -2.22. The Hall–Kier alpha value is -1.10. The minimum absolute atomic E-state index is 0.0158. The summed E-state index contributed by atoms with van der Waals surface area (Å²) in [6.07, 6.45) is 0.199. The summed E-state index contributed by atoms with van der Waals surface area (Å²) in [6.45, 7) is 3.15. The van der Waals surface area contributed by atoms with Gasteiger partial charge in [0.1, 0.15) is 5.75 Å². The first-order valence-electron chi connectivity index (χ1n) is 6.01. The number of ether oxygens (including phenoxy) is 1. The van der Waals surface area contributed by atoms with E-state index in [4.69, 9.17) is 10.5 Å². The Balaban J connectivity index is 2.70. The standard InChI is InChI=1S/C13H22N2O2/c1-3-17-11-6-4-10(5-7-11)13(16)12(15-2)8-9-14/h4-7,12-13,15-16H,3,8-9,14H2,1-2H3. The summed E-state index contributed by atoms with van der Waals surface area (Å²) in [5.41, 5.74) is 6.39. The Labute approximate surface area is 103 Å². The zero-order chi connectivity index (χ0) is 12.7. The molecule has 0 saturated carbocycles. The lowest BCUT2D eigenvalue weighted by Crippen LogP contribution is -2.34. The van der Waals surface area contributed by atoms with Gasteiger partial charge in [-0.2, -0.15) is 0 Å². The van der Waals surface area contributed by atoms with Crippen molar-refractivity contribution in [1.29, 1.82) is 0 Å². The molecule has 1 aromatic rings. The van der Waals surface area contributed by atoms with E-state index in [1.807, 2.05) is 38.2 Å². The fourth-order valence-corrected chi connectivity index (χ4v) is 1.80. The maximum atomic E-state index is 10.2. The third kappa shape index (κ3) is 4.00. The number of rotatable bonds is 7. The molecule has 0 aromatic heterocycles. The molecule has 0 aliphatic carbocycles. The van der Waals surface area contributed by atoms with E-state index in [0.29, 0.717) is 13.2 Å². The van der Waals surface area contributed by atoms with Gasteiger partial charge in [0.15, 0.2) is 0 Å². The number of benzene rings is 1. The van der Waals surface area contributed by atoms with Crippen LogP contribution in [0.2, 0.25) is 0 Å². The highest BCUT2D eigenvalue weighted by atomic mass is 16.5. The summed E-state index contributed by atoms with van der Waals surface area (Å²) in [7, 11) is 1.83. The molecule has 2 atom stereocenters. The van der Waals surface area contributed by atoms with E-state index in [0.717, 1.165) is 17.7 Å². The minimum Gasteiger partial charge on any atom is -0.494 e. The van der Waals surface area contributed by atoms with Crippen molar-refractivity contribution >= 4 is 0 Å². The largest absolute Gasteiger partial charge is 0.494 e. The van der Waals surface area contributed by atoms with Crippen LogP contribution in [0.3, 0.4) is 0 Å². The van der Waals surface area contributed by atoms with E-state index >= 15 is 0 Å². The Kier molecular flexibility index (Phi) is 5.97. The smallest absolute Gasteiger partial charge is 0.119 e. The summed E-state index contributed by atoms with van der Waals surface area (Å²) in [6, 6.07) is 7.50. The summed E-state index contributed by atoms with van der Waals surface area (Å²) in [5, 5.41) is 13.3. The van der Waals surface area contributed by atoms with Gasteiger partial charge in [0.2, 0.25) is 0 Å². The summed E-state index contributed by atoms with van der Waals surface area (Å²) >= 11 is 0. The Bertz CT molecular complexity index is 314. The highest BCUT2D eigenvalue weighted by molar-refractivity contribution is 5.29. The van der Waals surface area contributed by atoms with Crippen molar-refractivity contribution in [2.24, 2.45) is 5.73 Å². The average Bonchev–Trinajstić information content (AvgIpc) is 2.36. The number of likely N-dealkylation sites (N-methyl/N-ethyl adjacent to an activating group) is 1. The molecule has 2 unspecified atom stereocenters. The second-order valence-electron chi connectivity index (χ2n) is 3.92. The lowest BCUT2D eigenvalue weighted by atomic mass is 10.00. The summed E-state index contributed by atoms with van der Waals surface area (Å²) in [4.78, 5) is 0. The number of hydrogen-bond acceptors (Lipinski definition) is 4. The number of nitrogens with two attached hydrogens (primary N) is 1. The molecule has 0 aliphatic heterocycles. The predicted molar refractivity (Wildman–Crippen MR) is 69.1 cm³/mol. The van der Waals surface area contributed by atoms with Crippen LogP contribution in [0.5, 0.6) is 5.75 Å². The van der Waals surface area contributed by atoms with Gasteiger partial charge < -0.3 is 20.9 Å². The van der Waals surface area contributed by atoms with Gasteiger partial charge in [0.25, 0.3) is 0 Å². The molecule has 4 nitrogen and oxygen atoms in total. The molecular weight excluding hydrogens is 216 g/mol. The molecule has 17 heavy (non-hydrogen) atoms. The fraction of sp³-hybridized carbons (Fsp3) is 0.538. The molecular formula is C13H22N2O2. The molecule has 0 spiro atoms. The van der Waals surface area contributed by atoms with Crippen LogP contribution < -0.4 is 15.8 Å². The monoisotopic (exact) mass is 238 g/mol. The van der Waals surface area contributed by atoms with Gasteiger partial charge in [-0.1, -0.05) is 12.1 Å². The predicted octanol–water partition coefficient (Wildman–Crippen LogP) is 1.06. The van der Waals surface area contributed by atoms with Crippen LogP contribution in [0.25, 0.3) is 0 Å². The molecule has 1 aromatic carbocycles. The highest BCUT2D eigenvalue weighted by Crippen LogP contribution is 2.21. The summed E-state index contributed by atoms with van der Waals surface area (Å²) in [5.74, 6) is 0.822. The number of nitrogens with one attached hydrogen (secondary N) is 1. The van der Waals surface area contributed by atoms with Gasteiger partial charge in [0, 0.05) is 6.04 Å². The highest BCUT2D eigenvalue weighted by Gasteiger charge is 2.18. The molecule has 0 heterocycles. The first kappa shape index (κ1) is 14.0. The van der Waals surface area contributed by atoms with Crippen LogP contribution in [0.1, 0.15) is 25.0 Å². The number of aliphatic hydroxyl groups is 1. The SMILES string of the molecule is CCOc1ccc(C(O)C(CCN)NC)cc1. The molecule has 0 radical (unpaired) electrons. The van der Waals surface area contributed by atoms with E-state index in [1.165, 1.54) is 0 Å². The van der Waals surface area contributed by atoms with Crippen molar-refractivity contribution in [1.82, 2.24) is 5.32 Å². The minimum atomic E-state index is -0.542. The second-order valence-corrected chi connectivity index (χ2v) is 3.92. The van der Waals surface area contributed by atoms with Crippen LogP contribution in [-0.4, -0.2) is 31.3 Å². The van der Waals surface area contributed by atoms with E-state index in [1.54, 1.807) is 0 Å². The summed E-state index contributed by atoms with van der Waals surface area (Å²) < 4.78 is 5.36. The van der Waals surface area contributed by atoms with Gasteiger partial charge >= 0.3 is 0 Å². The molecule has 0 bridgehead atoms. The van der Waals surface area contributed by atoms with E-state index in [9.17, 15) is 5.11 Å². The van der Waals surface area contributed by atoms with Crippen molar-refractivity contribution in [3.8, 4) is 5.75 Å². The number of hydrogen-bond donors (Lipinski definition) is 3. The van der Waals surface area contributed by atoms with Crippen molar-refractivity contribution in [3.63, 3.8) is 0 Å². The van der Waals surface area contributed by atoms with Crippen molar-refractivity contribution < 1.29 is 9.84 Å². The first-order chi connectivity index (χ1) is 8.22. The lowest BCUT2D eigenvalue weighted by molar-refractivity contribution is 0.129. The van der Waals surface area contributed by atoms with Crippen LogP contribution in [-0.2, 0) is 0 Å². The Morgan fingerprint density at radius 1 is 1.35 bits per heavy atom. The third-order valence-electron chi connectivity index (χ3n) is 2.76. The van der Waals surface area contributed by atoms with Crippen molar-refractivity contribution in [2.75, 3.05) is 20.2 Å². The maximum absolute atomic E-state index is 10.2. The van der Waals surface area contributed by atoms with Crippen molar-refractivity contribution in [2.45, 2.75) is 25.5 Å². The average molecular weight is 238 g/mol. The molecule has 4 heteroatoms. The van der Waals surface area contributed by atoms with Gasteiger partial charge in [-0.25, -0.2) is 0 Å². The van der Waals surface area contributed by atoms with E-state index in [2.05, 4.69) is 5.32 Å². The van der Waals surface area contributed by atoms with Gasteiger partial charge in [-0.3, -0.25) is 0 Å². The second kappa shape index (κ2) is 7.27. The molecule has 0 fully saturated rings. The Morgan fingerprint density at radius 2 is 2.00 bits per heavy atom. The van der Waals surface area contributed by atoms with Crippen LogP contribution in [0.15, 0.2) is 24.3 Å². The zero-order valence-corrected chi connectivity index (χ0v) is 10.5. The molecule has 0 amide bonds. The first-order valence-corrected chi connectivity index (χ1v) is 6.01. The van der Waals surface area contributed by atoms with Crippen LogP contribution in [0.4, 0.5) is 0 Å². The maximum Gasteiger partial charge on any atom is 0.119 e.